The molecule has 1 saturated heterocycles. The van der Waals surface area contributed by atoms with Gasteiger partial charge in [0.25, 0.3) is 5.56 Å². The van der Waals surface area contributed by atoms with Gasteiger partial charge in [-0.1, -0.05) is 6.92 Å². The number of aromatic amines is 1. The monoisotopic (exact) mass is 387 g/mol. The number of rotatable bonds is 5. The Bertz CT molecular complexity index is 953. The van der Waals surface area contributed by atoms with E-state index in [-0.39, 0.29) is 30.1 Å². The zero-order chi connectivity index (χ0) is 20.0. The maximum Gasteiger partial charge on any atom is 0.332 e. The number of nitrogen functional groups attached to an aromatic ring is 1. The van der Waals surface area contributed by atoms with E-state index in [2.05, 4.69) is 9.97 Å². The van der Waals surface area contributed by atoms with Crippen molar-refractivity contribution in [3.05, 3.63) is 20.8 Å². The van der Waals surface area contributed by atoms with E-state index >= 15 is 0 Å². The second-order valence-corrected chi connectivity index (χ2v) is 6.64. The number of imidazole rings is 1. The van der Waals surface area contributed by atoms with E-state index in [0.717, 1.165) is 9.13 Å². The molecule has 1 fully saturated rings. The summed E-state index contributed by atoms with van der Waals surface area (Å²) in [7, 11) is 0. The van der Waals surface area contributed by atoms with Gasteiger partial charge in [-0.3, -0.25) is 14.3 Å². The number of aliphatic hydroxyl groups is 3. The Hall–Kier alpha value is -2.28. The molecule has 2 aromatic rings. The van der Waals surface area contributed by atoms with E-state index < -0.39 is 48.1 Å². The van der Waals surface area contributed by atoms with Crippen LogP contribution < -0.4 is 17.0 Å². The minimum Gasteiger partial charge on any atom is -0.392 e. The van der Waals surface area contributed by atoms with Crippen molar-refractivity contribution >= 4 is 17.1 Å². The van der Waals surface area contributed by atoms with E-state index in [9.17, 15) is 29.3 Å². The zero-order valence-corrected chi connectivity index (χ0v) is 14.7. The van der Waals surface area contributed by atoms with E-state index in [1.54, 1.807) is 6.92 Å². The highest BCUT2D eigenvalue weighted by atomic mass is 19.1. The lowest BCUT2D eigenvalue weighted by Gasteiger charge is -2.18. The Balaban J connectivity index is 2.22. The van der Waals surface area contributed by atoms with Crippen LogP contribution >= 0.6 is 0 Å². The molecule has 6 N–H and O–H groups in total. The lowest BCUT2D eigenvalue weighted by atomic mass is 10.1. The van der Waals surface area contributed by atoms with Crippen LogP contribution in [-0.2, 0) is 11.3 Å². The molecule has 0 spiro atoms. The van der Waals surface area contributed by atoms with Crippen molar-refractivity contribution in [1.29, 1.82) is 0 Å². The number of hydrogen-bond donors (Lipinski definition) is 5. The number of ether oxygens (including phenoxy) is 1. The summed E-state index contributed by atoms with van der Waals surface area (Å²) < 4.78 is 21.7. The predicted octanol–water partition coefficient (Wildman–Crippen LogP) is -1.78. The predicted molar refractivity (Wildman–Crippen MR) is 91.8 cm³/mol. The quantitative estimate of drug-likeness (QED) is 0.401. The van der Waals surface area contributed by atoms with Crippen LogP contribution in [0.25, 0.3) is 11.2 Å². The fourth-order valence-corrected chi connectivity index (χ4v) is 3.28. The molecule has 0 amide bonds. The van der Waals surface area contributed by atoms with Crippen molar-refractivity contribution in [3.63, 3.8) is 0 Å². The highest BCUT2D eigenvalue weighted by Gasteiger charge is 2.49. The second kappa shape index (κ2) is 7.03. The molecular weight excluding hydrogens is 365 g/mol. The van der Waals surface area contributed by atoms with Crippen molar-refractivity contribution < 1.29 is 24.4 Å². The first-order valence-electron chi connectivity index (χ1n) is 8.51. The number of aliphatic hydroxyl groups excluding tert-OH is 3. The summed E-state index contributed by atoms with van der Waals surface area (Å²) in [5, 5.41) is 29.8. The van der Waals surface area contributed by atoms with Crippen molar-refractivity contribution in [1.82, 2.24) is 19.1 Å². The highest BCUT2D eigenvalue weighted by Crippen LogP contribution is 2.34. The number of hydrogen-bond acceptors (Lipinski definition) is 8. The molecule has 6 atom stereocenters. The SMILES string of the molecule is CCC(O)[C@H]1O[C@@H](n2c(=O)n(CC(C)O)c3c(=O)[nH]c(N)nc32)[C@H](O)[C@H]1F. The average molecular weight is 387 g/mol. The second-order valence-electron chi connectivity index (χ2n) is 6.64. The van der Waals surface area contributed by atoms with Crippen LogP contribution in [0.3, 0.4) is 0 Å². The molecule has 11 nitrogen and oxygen atoms in total. The minimum absolute atomic E-state index is 0.175. The van der Waals surface area contributed by atoms with Gasteiger partial charge >= 0.3 is 5.69 Å². The molecule has 0 aliphatic carbocycles. The fourth-order valence-electron chi connectivity index (χ4n) is 3.28. The Morgan fingerprint density at radius 1 is 1.41 bits per heavy atom. The number of nitrogens with zero attached hydrogens (tertiary/aromatic N) is 3. The molecule has 1 aliphatic rings. The standard InChI is InChI=1S/C15H22FN5O6/c1-3-6(23)10-7(16)9(24)13(27-10)21-11-8(12(25)19-14(17)18-11)20(15(21)26)4-5(2)22/h5-7,9-10,13,22-24H,3-4H2,1-2H3,(H3,17,18,19,25)/t5?,6?,7-,9-,10-,13-/m1/s1. The average Bonchev–Trinajstić information content (AvgIpc) is 3.02. The van der Waals surface area contributed by atoms with E-state index in [1.165, 1.54) is 6.92 Å². The zero-order valence-electron chi connectivity index (χ0n) is 14.7. The summed E-state index contributed by atoms with van der Waals surface area (Å²) in [5.74, 6) is -0.287. The first kappa shape index (κ1) is 19.5. The molecule has 2 unspecified atom stereocenters. The van der Waals surface area contributed by atoms with E-state index in [1.807, 2.05) is 0 Å². The smallest absolute Gasteiger partial charge is 0.332 e. The number of alkyl halides is 1. The molecule has 0 aromatic carbocycles. The van der Waals surface area contributed by atoms with Gasteiger partial charge in [-0.15, -0.1) is 0 Å². The molecule has 0 saturated carbocycles. The van der Waals surface area contributed by atoms with Gasteiger partial charge in [0.15, 0.2) is 23.6 Å². The number of aromatic nitrogens is 4. The number of nitrogens with two attached hydrogens (primary N) is 1. The largest absolute Gasteiger partial charge is 0.392 e. The molecule has 150 valence electrons. The van der Waals surface area contributed by atoms with Crippen LogP contribution in [0.1, 0.15) is 26.5 Å². The number of halogens is 1. The van der Waals surface area contributed by atoms with E-state index in [0.29, 0.717) is 0 Å². The van der Waals surface area contributed by atoms with Crippen molar-refractivity contribution in [2.45, 2.75) is 63.6 Å². The van der Waals surface area contributed by atoms with Gasteiger partial charge in [0.05, 0.1) is 18.8 Å². The molecule has 0 bridgehead atoms. The van der Waals surface area contributed by atoms with Gasteiger partial charge in [-0.2, -0.15) is 4.98 Å². The normalized spacial score (nSPS) is 27.9. The molecule has 3 heterocycles. The molecular formula is C15H22FN5O6. The van der Waals surface area contributed by atoms with Crippen LogP contribution in [0.4, 0.5) is 10.3 Å². The summed E-state index contributed by atoms with van der Waals surface area (Å²) in [5.41, 5.74) is 3.57. The first-order valence-corrected chi connectivity index (χ1v) is 8.51. The van der Waals surface area contributed by atoms with Crippen LogP contribution in [0.15, 0.2) is 9.59 Å². The highest BCUT2D eigenvalue weighted by molar-refractivity contribution is 5.71. The van der Waals surface area contributed by atoms with Gasteiger partial charge < -0.3 is 25.8 Å². The van der Waals surface area contributed by atoms with Crippen LogP contribution in [0.5, 0.6) is 0 Å². The Labute approximate surface area is 151 Å². The maximum absolute atomic E-state index is 14.5. The Kier molecular flexibility index (Phi) is 5.08. The third kappa shape index (κ3) is 3.14. The van der Waals surface area contributed by atoms with E-state index in [4.69, 9.17) is 10.5 Å². The van der Waals surface area contributed by atoms with Gasteiger partial charge in [0.1, 0.15) is 12.2 Å². The number of nitrogens with one attached hydrogen (secondary N) is 1. The summed E-state index contributed by atoms with van der Waals surface area (Å²) in [6.07, 6.45) is -8.59. The third-order valence-corrected chi connectivity index (χ3v) is 4.56. The summed E-state index contributed by atoms with van der Waals surface area (Å²) in [4.78, 5) is 31.4. The van der Waals surface area contributed by atoms with Gasteiger partial charge in [-0.25, -0.2) is 13.8 Å². The Morgan fingerprint density at radius 3 is 2.67 bits per heavy atom. The van der Waals surface area contributed by atoms with Crippen LogP contribution in [0, 0.1) is 0 Å². The molecule has 2 aromatic heterocycles. The van der Waals surface area contributed by atoms with Crippen molar-refractivity contribution in [2.75, 3.05) is 5.73 Å². The summed E-state index contributed by atoms with van der Waals surface area (Å²) >= 11 is 0. The fraction of sp³-hybridized carbons (Fsp3) is 0.667. The van der Waals surface area contributed by atoms with Gasteiger partial charge in [0, 0.05) is 0 Å². The number of anilines is 1. The molecule has 3 rings (SSSR count). The minimum atomic E-state index is -1.95. The Morgan fingerprint density at radius 2 is 2.07 bits per heavy atom. The van der Waals surface area contributed by atoms with Crippen LogP contribution in [-0.4, -0.2) is 65.0 Å². The van der Waals surface area contributed by atoms with Gasteiger partial charge in [-0.05, 0) is 13.3 Å². The lowest BCUT2D eigenvalue weighted by Crippen LogP contribution is -2.36. The molecule has 12 heteroatoms. The first-order chi connectivity index (χ1) is 12.7. The summed E-state index contributed by atoms with van der Waals surface area (Å²) in [6, 6.07) is 0. The lowest BCUT2D eigenvalue weighted by molar-refractivity contribution is -0.0800. The van der Waals surface area contributed by atoms with Crippen molar-refractivity contribution in [3.8, 4) is 0 Å². The molecule has 0 radical (unpaired) electrons. The van der Waals surface area contributed by atoms with Gasteiger partial charge in [0.2, 0.25) is 5.95 Å². The maximum atomic E-state index is 14.5. The number of fused-ring (bicyclic) bond motifs is 1. The van der Waals surface area contributed by atoms with Crippen LogP contribution in [0.2, 0.25) is 0 Å². The number of H-pyrrole nitrogens is 1. The molecule has 27 heavy (non-hydrogen) atoms. The van der Waals surface area contributed by atoms with Crippen molar-refractivity contribution in [2.24, 2.45) is 0 Å². The third-order valence-electron chi connectivity index (χ3n) is 4.56. The topological polar surface area (TPSA) is 169 Å². The summed E-state index contributed by atoms with van der Waals surface area (Å²) in [6.45, 7) is 2.80. The molecule has 1 aliphatic heterocycles.